The average Bonchev–Trinajstić information content (AvgIpc) is 2.14. The number of nitrogens with zero attached hydrogens (tertiary/aromatic N) is 2. The molecule has 1 aliphatic heterocycles. The van der Waals surface area contributed by atoms with Crippen molar-refractivity contribution in [2.75, 3.05) is 19.3 Å². The normalized spacial score (nSPS) is 31.8. The highest BCUT2D eigenvalue weighted by atomic mass is 32.2. The number of rotatable bonds is 3. The lowest BCUT2D eigenvalue weighted by Crippen LogP contribution is -2.58. The Morgan fingerprint density at radius 1 is 1.31 bits per heavy atom. The predicted octanol–water partition coefficient (Wildman–Crippen LogP) is 0.648. The fourth-order valence-electron chi connectivity index (χ4n) is 2.47. The molecular weight excluding hydrogens is 224 g/mol. The Labute approximate surface area is 102 Å². The molecule has 0 spiro atoms. The molecule has 0 bridgehead atoms. The Morgan fingerprint density at radius 2 is 1.75 bits per heavy atom. The summed E-state index contributed by atoms with van der Waals surface area (Å²) in [5.74, 6) is 0. The van der Waals surface area contributed by atoms with Crippen molar-refractivity contribution in [3.8, 4) is 0 Å². The molecular formula is C11H26N2O2S. The molecule has 1 saturated heterocycles. The lowest BCUT2D eigenvalue weighted by Gasteiger charge is -2.44. The summed E-state index contributed by atoms with van der Waals surface area (Å²) in [4.78, 5) is 2.51. The van der Waals surface area contributed by atoms with E-state index in [9.17, 15) is 4.21 Å². The summed E-state index contributed by atoms with van der Waals surface area (Å²) >= 11 is 0. The van der Waals surface area contributed by atoms with E-state index in [1.54, 1.807) is 6.26 Å². The van der Waals surface area contributed by atoms with Gasteiger partial charge in [-0.05, 0) is 27.2 Å². The Bertz CT molecular complexity index is 226. The topological polar surface area (TPSA) is 55.0 Å². The molecule has 0 aromatic heterocycles. The van der Waals surface area contributed by atoms with Crippen molar-refractivity contribution < 1.29 is 9.69 Å². The number of hydrogen-bond acceptors (Lipinski definition) is 2. The molecule has 0 aromatic carbocycles. The van der Waals surface area contributed by atoms with Gasteiger partial charge in [0.2, 0.25) is 0 Å². The number of piperazine rings is 1. The fourth-order valence-corrected chi connectivity index (χ4v) is 3.62. The summed E-state index contributed by atoms with van der Waals surface area (Å²) in [7, 11) is -0.836. The molecule has 1 rings (SSSR count). The van der Waals surface area contributed by atoms with Crippen molar-refractivity contribution in [1.82, 2.24) is 9.21 Å². The second-order valence-electron chi connectivity index (χ2n) is 4.69. The van der Waals surface area contributed by atoms with Crippen molar-refractivity contribution in [2.45, 2.75) is 52.2 Å². The quantitative estimate of drug-likeness (QED) is 0.738. The lowest BCUT2D eigenvalue weighted by atomic mass is 10.1. The van der Waals surface area contributed by atoms with Crippen LogP contribution in [0.3, 0.4) is 0 Å². The first-order valence-electron chi connectivity index (χ1n) is 5.83. The van der Waals surface area contributed by atoms with Crippen LogP contribution in [-0.4, -0.2) is 56.4 Å². The van der Waals surface area contributed by atoms with Gasteiger partial charge >= 0.3 is 0 Å². The highest BCUT2D eigenvalue weighted by Gasteiger charge is 2.32. The van der Waals surface area contributed by atoms with E-state index >= 15 is 0 Å². The molecule has 5 heteroatoms. The summed E-state index contributed by atoms with van der Waals surface area (Å²) in [5, 5.41) is 0. The molecule has 4 nitrogen and oxygen atoms in total. The van der Waals surface area contributed by atoms with Gasteiger partial charge < -0.3 is 5.48 Å². The van der Waals surface area contributed by atoms with E-state index in [4.69, 9.17) is 0 Å². The Morgan fingerprint density at radius 3 is 2.06 bits per heavy atom. The molecule has 0 aromatic rings. The maximum Gasteiger partial charge on any atom is 0.0916 e. The molecule has 2 N–H and O–H groups in total. The minimum atomic E-state index is -0.836. The van der Waals surface area contributed by atoms with E-state index in [-0.39, 0.29) is 5.48 Å². The van der Waals surface area contributed by atoms with Gasteiger partial charge in [-0.1, -0.05) is 6.92 Å². The molecule has 0 aliphatic carbocycles. The van der Waals surface area contributed by atoms with Gasteiger partial charge in [0.05, 0.1) is 11.0 Å². The fraction of sp³-hybridized carbons (Fsp3) is 1.00. The third-order valence-electron chi connectivity index (χ3n) is 3.38. The minimum Gasteiger partial charge on any atom is -0.412 e. The average molecular weight is 250 g/mol. The third kappa shape index (κ3) is 3.52. The van der Waals surface area contributed by atoms with Crippen molar-refractivity contribution in [3.63, 3.8) is 0 Å². The summed E-state index contributed by atoms with van der Waals surface area (Å²) in [6.45, 7) is 10.9. The van der Waals surface area contributed by atoms with Crippen LogP contribution in [0.15, 0.2) is 0 Å². The lowest BCUT2D eigenvalue weighted by molar-refractivity contribution is 0.0756. The summed E-state index contributed by atoms with van der Waals surface area (Å²) in [6, 6.07) is 1.43. The first kappa shape index (κ1) is 16.0. The molecule has 0 amide bonds. The van der Waals surface area contributed by atoms with Gasteiger partial charge in [-0.25, -0.2) is 8.51 Å². The molecule has 1 fully saturated rings. The van der Waals surface area contributed by atoms with Crippen molar-refractivity contribution >= 4 is 11.0 Å². The molecule has 4 atom stereocenters. The largest absolute Gasteiger partial charge is 0.412 e. The zero-order valence-corrected chi connectivity index (χ0v) is 11.9. The van der Waals surface area contributed by atoms with Crippen LogP contribution in [0, 0.1) is 0 Å². The van der Waals surface area contributed by atoms with Crippen LogP contribution in [-0.2, 0) is 11.0 Å². The van der Waals surface area contributed by atoms with Crippen LogP contribution in [0.1, 0.15) is 34.1 Å². The highest BCUT2D eigenvalue weighted by Crippen LogP contribution is 2.19. The van der Waals surface area contributed by atoms with Crippen LogP contribution in [0.4, 0.5) is 0 Å². The molecule has 16 heavy (non-hydrogen) atoms. The second kappa shape index (κ2) is 6.69. The van der Waals surface area contributed by atoms with Gasteiger partial charge in [0.15, 0.2) is 0 Å². The van der Waals surface area contributed by atoms with Gasteiger partial charge in [-0.3, -0.25) is 4.90 Å². The maximum absolute atomic E-state index is 11.6. The summed E-state index contributed by atoms with van der Waals surface area (Å²) in [6.07, 6.45) is 2.97. The first-order valence-corrected chi connectivity index (χ1v) is 7.34. The molecule has 0 saturated carbocycles. The van der Waals surface area contributed by atoms with E-state index in [0.717, 1.165) is 13.1 Å². The molecule has 1 unspecified atom stereocenters. The van der Waals surface area contributed by atoms with Gasteiger partial charge in [0.1, 0.15) is 0 Å². The third-order valence-corrected chi connectivity index (χ3v) is 4.69. The van der Waals surface area contributed by atoms with E-state index < -0.39 is 11.0 Å². The summed E-state index contributed by atoms with van der Waals surface area (Å²) < 4.78 is 13.7. The monoisotopic (exact) mass is 250 g/mol. The Hall–Kier alpha value is 0.0300. The van der Waals surface area contributed by atoms with Gasteiger partial charge in [0, 0.05) is 37.5 Å². The SMILES string of the molecule is CC[C@H](C)N1C[C@@H](C)N(S(C)=O)[C@H](C)C1.O. The van der Waals surface area contributed by atoms with Crippen LogP contribution < -0.4 is 0 Å². The van der Waals surface area contributed by atoms with Gasteiger partial charge in [0.25, 0.3) is 0 Å². The maximum atomic E-state index is 11.6. The molecule has 1 aliphatic rings. The van der Waals surface area contributed by atoms with Crippen LogP contribution in [0.5, 0.6) is 0 Å². The van der Waals surface area contributed by atoms with Crippen LogP contribution >= 0.6 is 0 Å². The zero-order chi connectivity index (χ0) is 11.6. The van der Waals surface area contributed by atoms with Crippen molar-refractivity contribution in [2.24, 2.45) is 0 Å². The van der Waals surface area contributed by atoms with E-state index in [1.165, 1.54) is 6.42 Å². The highest BCUT2D eigenvalue weighted by molar-refractivity contribution is 7.81. The zero-order valence-electron chi connectivity index (χ0n) is 11.1. The van der Waals surface area contributed by atoms with E-state index in [2.05, 4.69) is 36.9 Å². The van der Waals surface area contributed by atoms with Gasteiger partial charge in [-0.2, -0.15) is 0 Å². The second-order valence-corrected chi connectivity index (χ2v) is 5.96. The number of hydrogen-bond donors (Lipinski definition) is 0. The standard InChI is InChI=1S/C11H24N2OS.H2O/c1-6-9(2)12-7-10(3)13(15(5)14)11(4)8-12;/h9-11H,6-8H2,1-5H3;1H2/t9-,10+,11+,15?;/m0./s1. The first-order chi connectivity index (χ1) is 6.97. The predicted molar refractivity (Wildman–Crippen MR) is 69.8 cm³/mol. The van der Waals surface area contributed by atoms with E-state index in [1.807, 2.05) is 0 Å². The van der Waals surface area contributed by atoms with Crippen LogP contribution in [0.25, 0.3) is 0 Å². The van der Waals surface area contributed by atoms with Crippen molar-refractivity contribution in [1.29, 1.82) is 0 Å². The smallest absolute Gasteiger partial charge is 0.0916 e. The molecule has 0 radical (unpaired) electrons. The van der Waals surface area contributed by atoms with Gasteiger partial charge in [-0.15, -0.1) is 0 Å². The molecule has 1 heterocycles. The molecule has 98 valence electrons. The van der Waals surface area contributed by atoms with E-state index in [0.29, 0.717) is 18.1 Å². The summed E-state index contributed by atoms with van der Waals surface area (Å²) in [5.41, 5.74) is 0. The Balaban J connectivity index is 0.00000225. The minimum absolute atomic E-state index is 0. The van der Waals surface area contributed by atoms with Crippen LogP contribution in [0.2, 0.25) is 0 Å². The Kier molecular flexibility index (Phi) is 6.70. The van der Waals surface area contributed by atoms with Crippen molar-refractivity contribution in [3.05, 3.63) is 0 Å².